The van der Waals surface area contributed by atoms with Gasteiger partial charge in [-0.15, -0.1) is 0 Å². The number of rotatable bonds is 8. The molecule has 0 aliphatic heterocycles. The van der Waals surface area contributed by atoms with E-state index >= 15 is 0 Å². The number of nitrogens with one attached hydrogen (secondary N) is 1. The highest BCUT2D eigenvalue weighted by atomic mass is 16.6. The molecule has 6 nitrogen and oxygen atoms in total. The summed E-state index contributed by atoms with van der Waals surface area (Å²) in [4.78, 5) is 10.6. The summed E-state index contributed by atoms with van der Waals surface area (Å²) in [6.07, 6.45) is 6.82. The Morgan fingerprint density at radius 2 is 2.09 bits per heavy atom. The summed E-state index contributed by atoms with van der Waals surface area (Å²) < 4.78 is 5.02. The van der Waals surface area contributed by atoms with E-state index in [0.29, 0.717) is 6.54 Å². The normalized spacial score (nSPS) is 17.0. The summed E-state index contributed by atoms with van der Waals surface area (Å²) in [6, 6.07) is 5.04. The summed E-state index contributed by atoms with van der Waals surface area (Å²) in [5.41, 5.74) is 1.03. The number of hydrogen-bond acceptors (Lipinski definition) is 5. The van der Waals surface area contributed by atoms with Crippen molar-refractivity contribution in [3.05, 3.63) is 33.9 Å². The van der Waals surface area contributed by atoms with Crippen molar-refractivity contribution >= 4 is 5.69 Å². The third-order valence-corrected chi connectivity index (χ3v) is 4.83. The Hall–Kier alpha value is -1.66. The number of aliphatic hydroxyl groups excluding tert-OH is 1. The van der Waals surface area contributed by atoms with Gasteiger partial charge in [0.05, 0.1) is 12.0 Å². The fourth-order valence-electron chi connectivity index (χ4n) is 3.51. The summed E-state index contributed by atoms with van der Waals surface area (Å²) in [5.74, 6) is 0.280. The minimum atomic E-state index is -0.420. The lowest BCUT2D eigenvalue weighted by atomic mass is 9.72. The number of nitro benzene ring substituents is 1. The largest absolute Gasteiger partial charge is 0.490 e. The van der Waals surface area contributed by atoms with Gasteiger partial charge in [0.2, 0.25) is 0 Å². The molecule has 0 bridgehead atoms. The van der Waals surface area contributed by atoms with Crippen molar-refractivity contribution in [2.24, 2.45) is 5.41 Å². The third-order valence-electron chi connectivity index (χ3n) is 4.83. The van der Waals surface area contributed by atoms with Gasteiger partial charge in [-0.25, -0.2) is 0 Å². The molecule has 2 rings (SSSR count). The van der Waals surface area contributed by atoms with Gasteiger partial charge in [0, 0.05) is 25.8 Å². The van der Waals surface area contributed by atoms with E-state index in [1.807, 2.05) is 6.07 Å². The number of methoxy groups -OCH3 is 1. The van der Waals surface area contributed by atoms with Crippen LogP contribution in [0.1, 0.15) is 44.1 Å². The molecule has 6 heteroatoms. The predicted molar refractivity (Wildman–Crippen MR) is 88.6 cm³/mol. The molecule has 1 aliphatic carbocycles. The zero-order chi connectivity index (χ0) is 16.7. The minimum absolute atomic E-state index is 0.00506. The molecule has 23 heavy (non-hydrogen) atoms. The molecule has 0 amide bonds. The number of hydrogen-bond donors (Lipinski definition) is 2. The Morgan fingerprint density at radius 3 is 2.70 bits per heavy atom. The van der Waals surface area contributed by atoms with Crippen LogP contribution in [0.3, 0.4) is 0 Å². The van der Waals surface area contributed by atoms with Crippen molar-refractivity contribution in [3.8, 4) is 5.75 Å². The monoisotopic (exact) mass is 322 g/mol. The molecule has 128 valence electrons. The first-order valence-electron chi connectivity index (χ1n) is 8.23. The SMILES string of the molecule is COc1ccc(CNCC2(CCO)CCCCC2)cc1[N+](=O)[O-]. The molecule has 1 aromatic carbocycles. The smallest absolute Gasteiger partial charge is 0.311 e. The van der Waals surface area contributed by atoms with Gasteiger partial charge in [-0.05, 0) is 36.3 Å². The van der Waals surface area contributed by atoms with E-state index in [1.54, 1.807) is 12.1 Å². The number of aliphatic hydroxyl groups is 1. The molecule has 0 spiro atoms. The number of ether oxygens (including phenoxy) is 1. The average Bonchev–Trinajstić information content (AvgIpc) is 2.56. The maximum atomic E-state index is 11.1. The van der Waals surface area contributed by atoms with E-state index < -0.39 is 4.92 Å². The van der Waals surface area contributed by atoms with Crippen molar-refractivity contribution in [1.29, 1.82) is 0 Å². The standard InChI is InChI=1S/C17H26N2O4/c1-23-16-6-5-14(11-15(16)19(21)22)12-18-13-17(9-10-20)7-3-2-4-8-17/h5-6,11,18,20H,2-4,7-10,12-13H2,1H3. The molecular formula is C17H26N2O4. The lowest BCUT2D eigenvalue weighted by Crippen LogP contribution is -2.36. The van der Waals surface area contributed by atoms with Gasteiger partial charge in [0.25, 0.3) is 0 Å². The van der Waals surface area contributed by atoms with Crippen LogP contribution >= 0.6 is 0 Å². The highest BCUT2D eigenvalue weighted by molar-refractivity contribution is 5.48. The van der Waals surface area contributed by atoms with Crippen molar-refractivity contribution in [2.45, 2.75) is 45.1 Å². The maximum absolute atomic E-state index is 11.1. The van der Waals surface area contributed by atoms with Gasteiger partial charge in [-0.3, -0.25) is 10.1 Å². The first-order chi connectivity index (χ1) is 11.1. The Balaban J connectivity index is 1.97. The van der Waals surface area contributed by atoms with Crippen LogP contribution in [-0.4, -0.2) is 30.3 Å². The van der Waals surface area contributed by atoms with Gasteiger partial charge < -0.3 is 15.2 Å². The Labute approximate surface area is 137 Å². The lowest BCUT2D eigenvalue weighted by molar-refractivity contribution is -0.385. The highest BCUT2D eigenvalue weighted by Gasteiger charge is 2.30. The van der Waals surface area contributed by atoms with E-state index in [4.69, 9.17) is 4.74 Å². The van der Waals surface area contributed by atoms with Crippen LogP contribution in [0, 0.1) is 15.5 Å². The minimum Gasteiger partial charge on any atom is -0.490 e. The second-order valence-electron chi connectivity index (χ2n) is 6.40. The fraction of sp³-hybridized carbons (Fsp3) is 0.647. The van der Waals surface area contributed by atoms with Crippen LogP contribution in [0.2, 0.25) is 0 Å². The summed E-state index contributed by atoms with van der Waals surface area (Å²) in [7, 11) is 1.43. The molecule has 1 aliphatic rings. The number of nitro groups is 1. The highest BCUT2D eigenvalue weighted by Crippen LogP contribution is 2.38. The quantitative estimate of drug-likeness (QED) is 0.567. The first kappa shape index (κ1) is 17.7. The first-order valence-corrected chi connectivity index (χ1v) is 8.23. The molecule has 0 radical (unpaired) electrons. The lowest BCUT2D eigenvalue weighted by Gasteiger charge is -2.37. The summed E-state index contributed by atoms with van der Waals surface area (Å²) in [5, 5.41) is 23.8. The molecule has 2 N–H and O–H groups in total. The Kier molecular flexibility index (Phi) is 6.36. The zero-order valence-corrected chi connectivity index (χ0v) is 13.7. The number of nitrogens with zero attached hydrogens (tertiary/aromatic N) is 1. The second-order valence-corrected chi connectivity index (χ2v) is 6.40. The Morgan fingerprint density at radius 1 is 1.35 bits per heavy atom. The predicted octanol–water partition coefficient (Wildman–Crippen LogP) is 3.03. The van der Waals surface area contributed by atoms with E-state index in [2.05, 4.69) is 5.32 Å². The van der Waals surface area contributed by atoms with Crippen molar-refractivity contribution < 1.29 is 14.8 Å². The molecule has 1 fully saturated rings. The number of benzene rings is 1. The molecule has 1 aromatic rings. The van der Waals surface area contributed by atoms with E-state index in [9.17, 15) is 15.2 Å². The summed E-state index contributed by atoms with van der Waals surface area (Å²) >= 11 is 0. The van der Waals surface area contributed by atoms with Crippen molar-refractivity contribution in [3.63, 3.8) is 0 Å². The Bertz CT molecular complexity index is 522. The second kappa shape index (κ2) is 8.26. The fourth-order valence-corrected chi connectivity index (χ4v) is 3.51. The van der Waals surface area contributed by atoms with Crippen LogP contribution in [-0.2, 0) is 6.54 Å². The molecule has 0 saturated heterocycles. The molecule has 1 saturated carbocycles. The molecule has 0 unspecified atom stereocenters. The van der Waals surface area contributed by atoms with Gasteiger partial charge in [0.1, 0.15) is 0 Å². The average molecular weight is 322 g/mol. The topological polar surface area (TPSA) is 84.6 Å². The van der Waals surface area contributed by atoms with Gasteiger partial charge in [-0.1, -0.05) is 25.3 Å². The van der Waals surface area contributed by atoms with Crippen LogP contribution < -0.4 is 10.1 Å². The van der Waals surface area contributed by atoms with Crippen molar-refractivity contribution in [2.75, 3.05) is 20.3 Å². The van der Waals surface area contributed by atoms with E-state index in [-0.39, 0.29) is 23.5 Å². The van der Waals surface area contributed by atoms with Gasteiger partial charge >= 0.3 is 5.69 Å². The zero-order valence-electron chi connectivity index (χ0n) is 13.7. The molecule has 0 aromatic heterocycles. The van der Waals surface area contributed by atoms with Gasteiger partial charge in [0.15, 0.2) is 5.75 Å². The van der Waals surface area contributed by atoms with Gasteiger partial charge in [-0.2, -0.15) is 0 Å². The van der Waals surface area contributed by atoms with E-state index in [1.165, 1.54) is 26.4 Å². The molecule has 0 heterocycles. The van der Waals surface area contributed by atoms with Crippen LogP contribution in [0.5, 0.6) is 5.75 Å². The van der Waals surface area contributed by atoms with Crippen LogP contribution in [0.15, 0.2) is 18.2 Å². The van der Waals surface area contributed by atoms with E-state index in [0.717, 1.165) is 31.4 Å². The van der Waals surface area contributed by atoms with Crippen LogP contribution in [0.4, 0.5) is 5.69 Å². The van der Waals surface area contributed by atoms with Crippen molar-refractivity contribution in [1.82, 2.24) is 5.32 Å². The maximum Gasteiger partial charge on any atom is 0.311 e. The summed E-state index contributed by atoms with van der Waals surface area (Å²) in [6.45, 7) is 1.64. The third kappa shape index (κ3) is 4.65. The molecule has 0 atom stereocenters. The van der Waals surface area contributed by atoms with Crippen LogP contribution in [0.25, 0.3) is 0 Å². The molecular weight excluding hydrogens is 296 g/mol.